The lowest BCUT2D eigenvalue weighted by atomic mass is 9.95. The molecule has 0 saturated carbocycles. The molecule has 1 fully saturated rings. The normalized spacial score (nSPS) is 18.5. The Morgan fingerprint density at radius 1 is 1.04 bits per heavy atom. The number of hydrogen-bond acceptors (Lipinski definition) is 3. The van der Waals surface area contributed by atoms with Gasteiger partial charge in [0.05, 0.1) is 11.3 Å². The SMILES string of the molecule is CC(C)NC(=O)Nc1ccccc1C(=O)N1C[C@@H](N)[C@H](c2ccccc2)C1.Cl. The van der Waals surface area contributed by atoms with Crippen LogP contribution >= 0.6 is 12.4 Å². The number of hydrogen-bond donors (Lipinski definition) is 3. The van der Waals surface area contributed by atoms with Crippen molar-refractivity contribution in [3.8, 4) is 0 Å². The third-order valence-corrected chi connectivity index (χ3v) is 4.71. The molecule has 3 rings (SSSR count). The van der Waals surface area contributed by atoms with E-state index in [-0.39, 0.29) is 42.3 Å². The molecule has 0 aliphatic carbocycles. The number of carbonyl (C=O) groups is 2. The fourth-order valence-corrected chi connectivity index (χ4v) is 3.42. The van der Waals surface area contributed by atoms with Gasteiger partial charge in [-0.2, -0.15) is 0 Å². The van der Waals surface area contributed by atoms with Crippen molar-refractivity contribution in [3.05, 3.63) is 65.7 Å². The van der Waals surface area contributed by atoms with Gasteiger partial charge in [0.1, 0.15) is 0 Å². The average molecular weight is 403 g/mol. The van der Waals surface area contributed by atoms with Crippen LogP contribution in [0, 0.1) is 0 Å². The Hall–Kier alpha value is -2.57. The molecule has 1 saturated heterocycles. The number of rotatable bonds is 4. The third kappa shape index (κ3) is 5.03. The van der Waals surface area contributed by atoms with E-state index in [0.717, 1.165) is 5.56 Å². The summed E-state index contributed by atoms with van der Waals surface area (Å²) >= 11 is 0. The largest absolute Gasteiger partial charge is 0.336 e. The van der Waals surface area contributed by atoms with Crippen LogP contribution in [-0.2, 0) is 0 Å². The van der Waals surface area contributed by atoms with Crippen molar-refractivity contribution in [2.45, 2.75) is 31.8 Å². The molecule has 0 spiro atoms. The molecule has 1 aliphatic heterocycles. The van der Waals surface area contributed by atoms with E-state index in [0.29, 0.717) is 24.3 Å². The van der Waals surface area contributed by atoms with Crippen molar-refractivity contribution in [2.24, 2.45) is 5.73 Å². The van der Waals surface area contributed by atoms with Crippen LogP contribution in [0.4, 0.5) is 10.5 Å². The summed E-state index contributed by atoms with van der Waals surface area (Å²) < 4.78 is 0. The summed E-state index contributed by atoms with van der Waals surface area (Å²) in [5.74, 6) is -0.0103. The van der Waals surface area contributed by atoms with Gasteiger partial charge in [0, 0.05) is 31.1 Å². The number of urea groups is 1. The fraction of sp³-hybridized carbons (Fsp3) is 0.333. The van der Waals surface area contributed by atoms with E-state index in [1.165, 1.54) is 0 Å². The van der Waals surface area contributed by atoms with E-state index in [2.05, 4.69) is 10.6 Å². The molecule has 7 heteroatoms. The molecule has 0 unspecified atom stereocenters. The molecule has 2 aromatic carbocycles. The maximum absolute atomic E-state index is 13.1. The van der Waals surface area contributed by atoms with Gasteiger partial charge < -0.3 is 21.3 Å². The number of carbonyl (C=O) groups excluding carboxylic acids is 2. The lowest BCUT2D eigenvalue weighted by molar-refractivity contribution is 0.0790. The smallest absolute Gasteiger partial charge is 0.319 e. The summed E-state index contributed by atoms with van der Waals surface area (Å²) in [4.78, 5) is 26.9. The number of amides is 3. The predicted octanol–water partition coefficient (Wildman–Crippen LogP) is 3.21. The topological polar surface area (TPSA) is 87.5 Å². The molecule has 150 valence electrons. The molecule has 6 nitrogen and oxygen atoms in total. The fourth-order valence-electron chi connectivity index (χ4n) is 3.42. The quantitative estimate of drug-likeness (QED) is 0.733. The molecule has 4 N–H and O–H groups in total. The molecule has 3 amide bonds. The zero-order valence-corrected chi connectivity index (χ0v) is 16.9. The minimum absolute atomic E-state index is 0. The first-order valence-electron chi connectivity index (χ1n) is 9.22. The van der Waals surface area contributed by atoms with Gasteiger partial charge in [0.25, 0.3) is 5.91 Å². The van der Waals surface area contributed by atoms with Gasteiger partial charge in [-0.25, -0.2) is 4.79 Å². The summed E-state index contributed by atoms with van der Waals surface area (Å²) in [6, 6.07) is 16.7. The Morgan fingerprint density at radius 3 is 2.36 bits per heavy atom. The van der Waals surface area contributed by atoms with Crippen molar-refractivity contribution in [1.29, 1.82) is 0 Å². The maximum atomic E-state index is 13.1. The lowest BCUT2D eigenvalue weighted by Crippen LogP contribution is -2.36. The Kier molecular flexibility index (Phi) is 7.43. The number of halogens is 1. The molecule has 2 aromatic rings. The molecule has 0 radical (unpaired) electrons. The second kappa shape index (κ2) is 9.57. The molecular weight excluding hydrogens is 376 g/mol. The monoisotopic (exact) mass is 402 g/mol. The van der Waals surface area contributed by atoms with Gasteiger partial charge in [-0.1, -0.05) is 42.5 Å². The van der Waals surface area contributed by atoms with Gasteiger partial charge in [0.15, 0.2) is 0 Å². The Labute approximate surface area is 171 Å². The Balaban J connectivity index is 0.00000280. The number of para-hydroxylation sites is 1. The molecule has 2 atom stereocenters. The number of benzene rings is 2. The highest BCUT2D eigenvalue weighted by molar-refractivity contribution is 6.03. The van der Waals surface area contributed by atoms with E-state index >= 15 is 0 Å². The van der Waals surface area contributed by atoms with Crippen LogP contribution in [0.3, 0.4) is 0 Å². The molecule has 0 bridgehead atoms. The number of nitrogens with zero attached hydrogens (tertiary/aromatic N) is 1. The summed E-state index contributed by atoms with van der Waals surface area (Å²) in [5, 5.41) is 5.54. The highest BCUT2D eigenvalue weighted by atomic mass is 35.5. The number of nitrogens with two attached hydrogens (primary N) is 1. The summed E-state index contributed by atoms with van der Waals surface area (Å²) in [7, 11) is 0. The predicted molar refractivity (Wildman–Crippen MR) is 114 cm³/mol. The second-order valence-corrected chi connectivity index (χ2v) is 7.19. The van der Waals surface area contributed by atoms with Gasteiger partial charge >= 0.3 is 6.03 Å². The highest BCUT2D eigenvalue weighted by Crippen LogP contribution is 2.28. The molecular formula is C21H27ClN4O2. The van der Waals surface area contributed by atoms with Gasteiger partial charge in [-0.05, 0) is 31.5 Å². The number of nitrogens with one attached hydrogen (secondary N) is 2. The van der Waals surface area contributed by atoms with Crippen molar-refractivity contribution < 1.29 is 9.59 Å². The lowest BCUT2D eigenvalue weighted by Gasteiger charge is -2.19. The van der Waals surface area contributed by atoms with Crippen LogP contribution in [0.15, 0.2) is 54.6 Å². The summed E-state index contributed by atoms with van der Waals surface area (Å²) in [6.07, 6.45) is 0. The summed E-state index contributed by atoms with van der Waals surface area (Å²) in [6.45, 7) is 4.82. The van der Waals surface area contributed by atoms with Gasteiger partial charge in [0.2, 0.25) is 0 Å². The van der Waals surface area contributed by atoms with Crippen LogP contribution in [0.1, 0.15) is 35.7 Å². The van der Waals surface area contributed by atoms with Crippen LogP contribution < -0.4 is 16.4 Å². The first-order valence-corrected chi connectivity index (χ1v) is 9.22. The molecule has 0 aromatic heterocycles. The van der Waals surface area contributed by atoms with Crippen molar-refractivity contribution in [2.75, 3.05) is 18.4 Å². The minimum atomic E-state index is -0.328. The van der Waals surface area contributed by atoms with Crippen LogP contribution in [0.5, 0.6) is 0 Å². The van der Waals surface area contributed by atoms with Gasteiger partial charge in [-0.15, -0.1) is 12.4 Å². The first kappa shape index (κ1) is 21.7. The zero-order chi connectivity index (χ0) is 19.4. The second-order valence-electron chi connectivity index (χ2n) is 7.19. The number of anilines is 1. The van der Waals surface area contributed by atoms with Gasteiger partial charge in [-0.3, -0.25) is 4.79 Å². The highest BCUT2D eigenvalue weighted by Gasteiger charge is 2.34. The van der Waals surface area contributed by atoms with Crippen LogP contribution in [0.2, 0.25) is 0 Å². The zero-order valence-electron chi connectivity index (χ0n) is 16.1. The van der Waals surface area contributed by atoms with E-state index in [9.17, 15) is 9.59 Å². The minimum Gasteiger partial charge on any atom is -0.336 e. The summed E-state index contributed by atoms with van der Waals surface area (Å²) in [5.41, 5.74) is 8.43. The van der Waals surface area contributed by atoms with Crippen molar-refractivity contribution in [1.82, 2.24) is 10.2 Å². The molecule has 28 heavy (non-hydrogen) atoms. The van der Waals surface area contributed by atoms with E-state index in [1.807, 2.05) is 44.2 Å². The standard InChI is InChI=1S/C21H26N4O2.ClH/c1-14(2)23-21(27)24-19-11-7-6-10-16(19)20(26)25-12-17(18(22)13-25)15-8-4-3-5-9-15;/h3-11,14,17-18H,12-13,22H2,1-2H3,(H2,23,24,27);1H/t17-,18+;/m0./s1. The molecule has 1 heterocycles. The first-order chi connectivity index (χ1) is 13.0. The average Bonchev–Trinajstić information content (AvgIpc) is 3.03. The van der Waals surface area contributed by atoms with E-state index < -0.39 is 0 Å². The number of likely N-dealkylation sites (tertiary alicyclic amines) is 1. The van der Waals surface area contributed by atoms with Crippen molar-refractivity contribution >= 4 is 30.0 Å². The van der Waals surface area contributed by atoms with E-state index in [4.69, 9.17) is 5.73 Å². The van der Waals surface area contributed by atoms with E-state index in [1.54, 1.807) is 29.2 Å². The Morgan fingerprint density at radius 2 is 1.68 bits per heavy atom. The molecule has 1 aliphatic rings. The van der Waals surface area contributed by atoms with Crippen molar-refractivity contribution in [3.63, 3.8) is 0 Å². The third-order valence-electron chi connectivity index (χ3n) is 4.71. The Bertz CT molecular complexity index is 813. The maximum Gasteiger partial charge on any atom is 0.319 e. The van der Waals surface area contributed by atoms with Crippen LogP contribution in [0.25, 0.3) is 0 Å². The van der Waals surface area contributed by atoms with Crippen LogP contribution in [-0.4, -0.2) is 42.0 Å².